The molecule has 0 radical (unpaired) electrons. The Labute approximate surface area is 63.5 Å². The largest absolute Gasteiger partial charge is 0.388 e. The Morgan fingerprint density at radius 1 is 1.40 bits per heavy atom. The Morgan fingerprint density at radius 2 is 1.90 bits per heavy atom. The summed E-state index contributed by atoms with van der Waals surface area (Å²) in [6.45, 7) is 8.31. The van der Waals surface area contributed by atoms with Gasteiger partial charge in [-0.15, -0.1) is 0 Å². The van der Waals surface area contributed by atoms with Crippen LogP contribution >= 0.6 is 0 Å². The molecule has 0 aliphatic heterocycles. The summed E-state index contributed by atoms with van der Waals surface area (Å²) in [5.41, 5.74) is 5.42. The fourth-order valence-electron chi connectivity index (χ4n) is 1.08. The van der Waals surface area contributed by atoms with Gasteiger partial charge in [-0.3, -0.25) is 4.99 Å². The number of hydrogen-bond donors (Lipinski definition) is 1. The number of nitrogens with zero attached hydrogens (tertiary/aromatic N) is 1. The SMILES string of the molecule is CC(N)=NC(C)CC(C)C. The zero-order valence-electron chi connectivity index (χ0n) is 7.39. The van der Waals surface area contributed by atoms with Gasteiger partial charge in [0.2, 0.25) is 0 Å². The van der Waals surface area contributed by atoms with Crippen LogP contribution in [0.2, 0.25) is 0 Å². The topological polar surface area (TPSA) is 38.4 Å². The van der Waals surface area contributed by atoms with Gasteiger partial charge >= 0.3 is 0 Å². The molecule has 0 aromatic rings. The maximum absolute atomic E-state index is 5.42. The van der Waals surface area contributed by atoms with Gasteiger partial charge in [0.05, 0.1) is 5.84 Å². The minimum absolute atomic E-state index is 0.380. The van der Waals surface area contributed by atoms with Gasteiger partial charge in [0.15, 0.2) is 0 Å². The fourth-order valence-corrected chi connectivity index (χ4v) is 1.08. The first kappa shape index (κ1) is 9.47. The summed E-state index contributed by atoms with van der Waals surface area (Å²) in [6.07, 6.45) is 1.12. The molecule has 2 heteroatoms. The van der Waals surface area contributed by atoms with Crippen LogP contribution in [0.15, 0.2) is 4.99 Å². The van der Waals surface area contributed by atoms with E-state index in [1.807, 2.05) is 6.92 Å². The van der Waals surface area contributed by atoms with Gasteiger partial charge in [0, 0.05) is 6.04 Å². The second kappa shape index (κ2) is 4.31. The van der Waals surface area contributed by atoms with Crippen molar-refractivity contribution in [3.63, 3.8) is 0 Å². The van der Waals surface area contributed by atoms with Gasteiger partial charge in [0.25, 0.3) is 0 Å². The van der Waals surface area contributed by atoms with E-state index in [0.717, 1.165) is 6.42 Å². The van der Waals surface area contributed by atoms with E-state index in [9.17, 15) is 0 Å². The fraction of sp³-hybridized carbons (Fsp3) is 0.875. The molecular weight excluding hydrogens is 124 g/mol. The second-order valence-electron chi connectivity index (χ2n) is 3.25. The van der Waals surface area contributed by atoms with Gasteiger partial charge in [-0.05, 0) is 26.2 Å². The molecule has 0 rings (SSSR count). The molecule has 60 valence electrons. The third kappa shape index (κ3) is 5.60. The molecule has 0 heterocycles. The normalized spacial score (nSPS) is 15.9. The second-order valence-corrected chi connectivity index (χ2v) is 3.25. The van der Waals surface area contributed by atoms with Crippen LogP contribution in [0.5, 0.6) is 0 Å². The summed E-state index contributed by atoms with van der Waals surface area (Å²) in [7, 11) is 0. The molecule has 1 atom stereocenters. The molecule has 2 nitrogen and oxygen atoms in total. The number of amidine groups is 1. The summed E-state index contributed by atoms with van der Waals surface area (Å²) in [5, 5.41) is 0. The van der Waals surface area contributed by atoms with Crippen LogP contribution in [-0.4, -0.2) is 11.9 Å². The third-order valence-corrected chi connectivity index (χ3v) is 1.24. The van der Waals surface area contributed by atoms with Crippen molar-refractivity contribution < 1.29 is 0 Å². The van der Waals surface area contributed by atoms with E-state index in [-0.39, 0.29) is 0 Å². The lowest BCUT2D eigenvalue weighted by Gasteiger charge is -2.08. The summed E-state index contributed by atoms with van der Waals surface area (Å²) >= 11 is 0. The Kier molecular flexibility index (Phi) is 4.08. The highest BCUT2D eigenvalue weighted by atomic mass is 14.9. The van der Waals surface area contributed by atoms with Crippen molar-refractivity contribution in [2.75, 3.05) is 0 Å². The molecule has 0 aliphatic rings. The van der Waals surface area contributed by atoms with Crippen LogP contribution in [0.1, 0.15) is 34.1 Å². The van der Waals surface area contributed by atoms with Gasteiger partial charge < -0.3 is 5.73 Å². The van der Waals surface area contributed by atoms with Crippen molar-refractivity contribution in [3.8, 4) is 0 Å². The highest BCUT2D eigenvalue weighted by Crippen LogP contribution is 2.06. The first-order valence-corrected chi connectivity index (χ1v) is 3.82. The Morgan fingerprint density at radius 3 is 2.20 bits per heavy atom. The zero-order valence-corrected chi connectivity index (χ0v) is 7.39. The van der Waals surface area contributed by atoms with Gasteiger partial charge in [-0.2, -0.15) is 0 Å². The van der Waals surface area contributed by atoms with Crippen molar-refractivity contribution in [1.29, 1.82) is 0 Å². The molecule has 1 unspecified atom stereocenters. The van der Waals surface area contributed by atoms with Crippen molar-refractivity contribution in [1.82, 2.24) is 0 Å². The first-order valence-electron chi connectivity index (χ1n) is 3.82. The number of nitrogens with two attached hydrogens (primary N) is 1. The minimum atomic E-state index is 0.380. The number of aliphatic imine (C=N–C) groups is 1. The average molecular weight is 142 g/mol. The van der Waals surface area contributed by atoms with E-state index in [0.29, 0.717) is 17.8 Å². The Hall–Kier alpha value is -0.530. The van der Waals surface area contributed by atoms with E-state index in [1.54, 1.807) is 0 Å². The molecule has 0 aliphatic carbocycles. The van der Waals surface area contributed by atoms with Crippen molar-refractivity contribution in [2.45, 2.75) is 40.2 Å². The predicted octanol–water partition coefficient (Wildman–Crippen LogP) is 1.80. The quantitative estimate of drug-likeness (QED) is 0.473. The Balaban J connectivity index is 3.64. The zero-order chi connectivity index (χ0) is 8.15. The highest BCUT2D eigenvalue weighted by molar-refractivity contribution is 5.77. The molecule has 0 amide bonds. The van der Waals surface area contributed by atoms with Gasteiger partial charge in [-0.25, -0.2) is 0 Å². The first-order chi connectivity index (χ1) is 4.52. The Bertz CT molecular complexity index is 112. The highest BCUT2D eigenvalue weighted by Gasteiger charge is 2.01. The molecule has 0 fully saturated rings. The summed E-state index contributed by atoms with van der Waals surface area (Å²) in [6, 6.07) is 0.380. The van der Waals surface area contributed by atoms with E-state index in [2.05, 4.69) is 25.8 Å². The smallest absolute Gasteiger partial charge is 0.0908 e. The lowest BCUT2D eigenvalue weighted by molar-refractivity contribution is 0.521. The van der Waals surface area contributed by atoms with Crippen LogP contribution in [0.25, 0.3) is 0 Å². The van der Waals surface area contributed by atoms with Crippen molar-refractivity contribution in [3.05, 3.63) is 0 Å². The van der Waals surface area contributed by atoms with E-state index in [1.165, 1.54) is 0 Å². The molecule has 0 saturated heterocycles. The van der Waals surface area contributed by atoms with Crippen LogP contribution in [0.4, 0.5) is 0 Å². The van der Waals surface area contributed by atoms with Crippen LogP contribution in [0, 0.1) is 5.92 Å². The minimum Gasteiger partial charge on any atom is -0.388 e. The molecule has 2 N–H and O–H groups in total. The standard InChI is InChI=1S/C8H18N2/c1-6(2)5-7(3)10-8(4)9/h6-7H,5H2,1-4H3,(H2,9,10). The van der Waals surface area contributed by atoms with Gasteiger partial charge in [0.1, 0.15) is 0 Å². The van der Waals surface area contributed by atoms with Crippen LogP contribution in [0.3, 0.4) is 0 Å². The van der Waals surface area contributed by atoms with Crippen LogP contribution < -0.4 is 5.73 Å². The molecule has 0 aromatic heterocycles. The molecule has 10 heavy (non-hydrogen) atoms. The lowest BCUT2D eigenvalue weighted by Crippen LogP contribution is -2.12. The lowest BCUT2D eigenvalue weighted by atomic mass is 10.1. The molecule has 0 aromatic carbocycles. The summed E-state index contributed by atoms with van der Waals surface area (Å²) in [4.78, 5) is 4.21. The average Bonchev–Trinajstić information content (AvgIpc) is 1.58. The van der Waals surface area contributed by atoms with E-state index in [4.69, 9.17) is 5.73 Å². The summed E-state index contributed by atoms with van der Waals surface area (Å²) < 4.78 is 0. The molecule has 0 saturated carbocycles. The molecular formula is C8H18N2. The van der Waals surface area contributed by atoms with Crippen molar-refractivity contribution >= 4 is 5.84 Å². The van der Waals surface area contributed by atoms with E-state index < -0.39 is 0 Å². The predicted molar refractivity (Wildman–Crippen MR) is 46.2 cm³/mol. The van der Waals surface area contributed by atoms with Crippen LogP contribution in [-0.2, 0) is 0 Å². The monoisotopic (exact) mass is 142 g/mol. The van der Waals surface area contributed by atoms with Crippen molar-refractivity contribution in [2.24, 2.45) is 16.6 Å². The third-order valence-electron chi connectivity index (χ3n) is 1.24. The summed E-state index contributed by atoms with van der Waals surface area (Å²) in [5.74, 6) is 1.39. The number of rotatable bonds is 3. The number of hydrogen-bond acceptors (Lipinski definition) is 1. The van der Waals surface area contributed by atoms with E-state index >= 15 is 0 Å². The molecule has 0 bridgehead atoms. The maximum Gasteiger partial charge on any atom is 0.0908 e. The van der Waals surface area contributed by atoms with Gasteiger partial charge in [-0.1, -0.05) is 13.8 Å². The maximum atomic E-state index is 5.42. The molecule has 0 spiro atoms.